The Morgan fingerprint density at radius 3 is 1.78 bits per heavy atom. The first kappa shape index (κ1) is 28.2. The number of hydrogen-bond acceptors (Lipinski definition) is 2. The number of nitrogens with zero attached hydrogens (tertiary/aromatic N) is 3. The van der Waals surface area contributed by atoms with Gasteiger partial charge in [0.05, 0.1) is 27.6 Å². The minimum absolute atomic E-state index is 0.851. The van der Waals surface area contributed by atoms with Crippen molar-refractivity contribution in [3.8, 4) is 27.9 Å². The van der Waals surface area contributed by atoms with Gasteiger partial charge in [-0.25, -0.2) is 4.98 Å². The molecule has 11 aromatic rings. The lowest BCUT2D eigenvalue weighted by Crippen LogP contribution is -1.99. The molecule has 11 rings (SSSR count). The van der Waals surface area contributed by atoms with E-state index in [1.165, 1.54) is 43.4 Å². The molecule has 3 heterocycles. The molecule has 8 aromatic carbocycles. The minimum atomic E-state index is 0.851. The maximum atomic E-state index is 6.66. The number of imidazole rings is 1. The quantitative estimate of drug-likeness (QED) is 0.177. The van der Waals surface area contributed by atoms with Crippen LogP contribution in [0, 0.1) is 0 Å². The summed E-state index contributed by atoms with van der Waals surface area (Å²) in [5, 5.41) is 8.85. The summed E-state index contributed by atoms with van der Waals surface area (Å²) in [7, 11) is 0. The monoisotopic (exact) mass is 653 g/mol. The van der Waals surface area contributed by atoms with Gasteiger partial charge in [-0.05, 0) is 104 Å². The van der Waals surface area contributed by atoms with Crippen molar-refractivity contribution in [2.24, 2.45) is 0 Å². The van der Waals surface area contributed by atoms with Gasteiger partial charge in [0, 0.05) is 17.5 Å². The first-order chi connectivity index (χ1) is 25.2. The van der Waals surface area contributed by atoms with Crippen LogP contribution in [0.5, 0.6) is 0 Å². The molecule has 3 aromatic heterocycles. The average Bonchev–Trinajstić information content (AvgIpc) is 3.86. The lowest BCUT2D eigenvalue weighted by Gasteiger charge is -2.12. The highest BCUT2D eigenvalue weighted by molar-refractivity contribution is 6.25. The van der Waals surface area contributed by atoms with Crippen LogP contribution in [0.25, 0.3) is 99.0 Å². The smallest absolute Gasteiger partial charge is 0.213 e. The van der Waals surface area contributed by atoms with Gasteiger partial charge in [0.25, 0.3) is 0 Å². The summed E-state index contributed by atoms with van der Waals surface area (Å²) >= 11 is 0. The number of benzene rings is 8. The molecule has 0 spiro atoms. The zero-order valence-electron chi connectivity index (χ0n) is 28.0. The lowest BCUT2D eigenvalue weighted by molar-refractivity contribution is 0.658. The highest BCUT2D eigenvalue weighted by Crippen LogP contribution is 2.42. The number of para-hydroxylation sites is 4. The summed E-state index contributed by atoms with van der Waals surface area (Å²) < 4.78 is 11.2. The normalized spacial score (nSPS) is 12.1. The van der Waals surface area contributed by atoms with E-state index < -0.39 is 0 Å². The molecule has 51 heavy (non-hydrogen) atoms. The predicted octanol–water partition coefficient (Wildman–Crippen LogP) is 12.5. The van der Waals surface area contributed by atoms with Crippen LogP contribution in [0.1, 0.15) is 12.7 Å². The van der Waals surface area contributed by atoms with Gasteiger partial charge < -0.3 is 4.42 Å². The fourth-order valence-corrected chi connectivity index (χ4v) is 8.36. The van der Waals surface area contributed by atoms with E-state index in [0.29, 0.717) is 0 Å². The predicted molar refractivity (Wildman–Crippen MR) is 212 cm³/mol. The molecule has 4 nitrogen and oxygen atoms in total. The maximum absolute atomic E-state index is 6.66. The van der Waals surface area contributed by atoms with Crippen molar-refractivity contribution >= 4 is 71.1 Å². The Morgan fingerprint density at radius 1 is 0.490 bits per heavy atom. The van der Waals surface area contributed by atoms with E-state index in [2.05, 4.69) is 168 Å². The van der Waals surface area contributed by atoms with Crippen molar-refractivity contribution < 1.29 is 4.42 Å². The Morgan fingerprint density at radius 2 is 1.06 bits per heavy atom. The molecular formula is C47H31N3O. The van der Waals surface area contributed by atoms with Gasteiger partial charge in [-0.2, -0.15) is 0 Å². The first-order valence-corrected chi connectivity index (χ1v) is 17.6. The zero-order valence-corrected chi connectivity index (χ0v) is 28.0. The van der Waals surface area contributed by atoms with Crippen LogP contribution in [-0.4, -0.2) is 14.0 Å². The van der Waals surface area contributed by atoms with E-state index >= 15 is 0 Å². The largest absolute Gasteiger partial charge is 0.438 e. The number of aryl methyl sites for hydroxylation is 1. The van der Waals surface area contributed by atoms with Gasteiger partial charge >= 0.3 is 0 Å². The van der Waals surface area contributed by atoms with Crippen molar-refractivity contribution in [2.45, 2.75) is 13.3 Å². The van der Waals surface area contributed by atoms with Crippen LogP contribution >= 0.6 is 0 Å². The highest BCUT2D eigenvalue weighted by atomic mass is 16.3. The number of oxazole rings is 1. The summed E-state index contributed by atoms with van der Waals surface area (Å²) in [5.41, 5.74) is 11.7. The number of fused-ring (bicyclic) bond motifs is 12. The second-order valence-corrected chi connectivity index (χ2v) is 13.4. The number of hydrogen-bond donors (Lipinski definition) is 0. The van der Waals surface area contributed by atoms with Crippen LogP contribution in [-0.2, 0) is 6.42 Å². The zero-order chi connectivity index (χ0) is 33.6. The van der Waals surface area contributed by atoms with E-state index in [-0.39, 0.29) is 0 Å². The van der Waals surface area contributed by atoms with Crippen LogP contribution in [0.4, 0.5) is 0 Å². The molecule has 0 aliphatic rings. The van der Waals surface area contributed by atoms with Crippen LogP contribution in [0.3, 0.4) is 0 Å². The molecule has 0 atom stereocenters. The fourth-order valence-electron chi connectivity index (χ4n) is 8.36. The van der Waals surface area contributed by atoms with E-state index in [0.717, 1.165) is 67.8 Å². The second-order valence-electron chi connectivity index (χ2n) is 13.4. The Bertz CT molecular complexity index is 3140. The van der Waals surface area contributed by atoms with Gasteiger partial charge in [0.15, 0.2) is 5.58 Å². The highest BCUT2D eigenvalue weighted by Gasteiger charge is 2.21. The van der Waals surface area contributed by atoms with Gasteiger partial charge in [-0.1, -0.05) is 110 Å². The Kier molecular flexibility index (Phi) is 5.90. The third kappa shape index (κ3) is 4.05. The molecule has 240 valence electrons. The number of rotatable bonds is 4. The third-order valence-electron chi connectivity index (χ3n) is 10.7. The molecule has 0 saturated heterocycles. The third-order valence-corrected chi connectivity index (χ3v) is 10.7. The van der Waals surface area contributed by atoms with E-state index in [1.807, 2.05) is 6.07 Å². The molecule has 0 amide bonds. The molecule has 0 bridgehead atoms. The second kappa shape index (κ2) is 10.7. The van der Waals surface area contributed by atoms with Crippen LogP contribution < -0.4 is 0 Å². The molecule has 0 N–H and O–H groups in total. The molecule has 0 aliphatic heterocycles. The molecule has 0 aliphatic carbocycles. The van der Waals surface area contributed by atoms with Gasteiger partial charge in [0.1, 0.15) is 5.82 Å². The van der Waals surface area contributed by atoms with Crippen molar-refractivity contribution in [3.63, 3.8) is 0 Å². The molecular weight excluding hydrogens is 623 g/mol. The first-order valence-electron chi connectivity index (χ1n) is 17.6. The molecule has 0 saturated carbocycles. The van der Waals surface area contributed by atoms with Gasteiger partial charge in [-0.3, -0.25) is 8.97 Å². The summed E-state index contributed by atoms with van der Waals surface area (Å²) in [5.74, 6) is 1.05. The van der Waals surface area contributed by atoms with E-state index in [4.69, 9.17) is 9.40 Å². The summed E-state index contributed by atoms with van der Waals surface area (Å²) in [6.45, 7) is 2.16. The Balaban J connectivity index is 1.13. The number of aromatic nitrogens is 3. The Labute approximate surface area is 293 Å². The lowest BCUT2D eigenvalue weighted by atomic mass is 9.91. The van der Waals surface area contributed by atoms with Gasteiger partial charge in [-0.15, -0.1) is 0 Å². The summed E-state index contributed by atoms with van der Waals surface area (Å²) in [4.78, 5) is 4.92. The standard InChI is InChI=1S/C47H31N3O/c1-2-45-48-40-15-7-8-16-42(40)49(45)32-23-19-29(20-24-32)46-39-28-31(22-26-41(39)50-43-17-9-10-18-44(43)51-47(46)50)30-21-25-37-35-13-4-3-11-33(35)34-12-5-6-14-36(34)38(37)27-30/h3-28H,2H2,1H3. The summed E-state index contributed by atoms with van der Waals surface area (Å²) in [6.07, 6.45) is 0.851. The summed E-state index contributed by atoms with van der Waals surface area (Å²) in [6, 6.07) is 56.9. The van der Waals surface area contributed by atoms with Crippen LogP contribution in [0.15, 0.2) is 162 Å². The van der Waals surface area contributed by atoms with E-state index in [1.54, 1.807) is 0 Å². The molecule has 0 unspecified atom stereocenters. The minimum Gasteiger partial charge on any atom is -0.438 e. The average molecular weight is 654 g/mol. The Hall–Kier alpha value is -6.65. The van der Waals surface area contributed by atoms with Crippen LogP contribution in [0.2, 0.25) is 0 Å². The fraction of sp³-hybridized carbons (Fsp3) is 0.0426. The van der Waals surface area contributed by atoms with Crippen molar-refractivity contribution in [1.29, 1.82) is 0 Å². The van der Waals surface area contributed by atoms with Crippen molar-refractivity contribution in [3.05, 3.63) is 164 Å². The van der Waals surface area contributed by atoms with E-state index in [9.17, 15) is 0 Å². The molecule has 0 fully saturated rings. The maximum Gasteiger partial charge on any atom is 0.213 e. The van der Waals surface area contributed by atoms with Crippen molar-refractivity contribution in [2.75, 3.05) is 0 Å². The topological polar surface area (TPSA) is 35.4 Å². The van der Waals surface area contributed by atoms with Gasteiger partial charge in [0.2, 0.25) is 5.71 Å². The molecule has 0 radical (unpaired) electrons. The molecule has 4 heteroatoms. The van der Waals surface area contributed by atoms with Crippen molar-refractivity contribution in [1.82, 2.24) is 14.0 Å². The SMILES string of the molecule is CCc1nc2ccccc2n1-c1ccc(-c2c3cc(-c4ccc5c6ccccc6c6ccccc6c5c4)ccc3n3c2oc2ccccc23)cc1.